The second-order valence-electron chi connectivity index (χ2n) is 3.72. The lowest BCUT2D eigenvalue weighted by atomic mass is 10.0. The number of hydrogen-bond acceptors (Lipinski definition) is 0. The van der Waals surface area contributed by atoms with Crippen LogP contribution in [0.1, 0.15) is 73.1 Å². The Labute approximate surface area is 79.8 Å². The van der Waals surface area contributed by atoms with E-state index in [1.165, 1.54) is 38.5 Å². The number of rotatable bonds is 5. The van der Waals surface area contributed by atoms with E-state index in [2.05, 4.69) is 34.6 Å². The maximum absolute atomic E-state index is 2.34. The molecule has 0 rings (SSSR count). The Bertz CT molecular complexity index is 57.1. The van der Waals surface area contributed by atoms with Crippen LogP contribution in [0.5, 0.6) is 0 Å². The zero-order chi connectivity index (χ0) is 9.82. The topological polar surface area (TPSA) is 0 Å². The zero-order valence-electron chi connectivity index (χ0n) is 9.82. The Kier molecular flexibility index (Phi) is 16.4. The van der Waals surface area contributed by atoms with Crippen molar-refractivity contribution in [2.75, 3.05) is 0 Å². The third-order valence-corrected chi connectivity index (χ3v) is 2.00. The van der Waals surface area contributed by atoms with E-state index in [1.807, 2.05) is 0 Å². The third kappa shape index (κ3) is 16.5. The summed E-state index contributed by atoms with van der Waals surface area (Å²) in [5.41, 5.74) is 0. The average molecular weight is 172 g/mol. The summed E-state index contributed by atoms with van der Waals surface area (Å²) in [7, 11) is 0. The smallest absolute Gasteiger partial charge is 0.0445 e. The van der Waals surface area contributed by atoms with Gasteiger partial charge in [0.2, 0.25) is 0 Å². The Morgan fingerprint density at radius 2 is 1.42 bits per heavy atom. The quantitative estimate of drug-likeness (QED) is 0.510. The molecule has 0 bridgehead atoms. The fourth-order valence-corrected chi connectivity index (χ4v) is 0.947. The molecule has 12 heavy (non-hydrogen) atoms. The van der Waals surface area contributed by atoms with E-state index in [-0.39, 0.29) is 0 Å². The van der Waals surface area contributed by atoms with Gasteiger partial charge in [0.25, 0.3) is 0 Å². The molecule has 0 heterocycles. The summed E-state index contributed by atoms with van der Waals surface area (Å²) < 4.78 is 0. The molecule has 0 aliphatic carbocycles. The van der Waals surface area contributed by atoms with Gasteiger partial charge in [-0.3, -0.25) is 0 Å². The standard InChI is InChI=1S/C9H20.C3H8/c1-4-6-7-8-9(3)5-2;1-3-2/h9H,4-8H2,1-3H3;3H2,1-2H3. The van der Waals surface area contributed by atoms with E-state index in [0.717, 1.165) is 5.92 Å². The summed E-state index contributed by atoms with van der Waals surface area (Å²) in [6.45, 7) is 11.1. The van der Waals surface area contributed by atoms with Crippen LogP contribution in [0.2, 0.25) is 0 Å². The Balaban J connectivity index is 0. The van der Waals surface area contributed by atoms with Gasteiger partial charge in [-0.15, -0.1) is 0 Å². The second-order valence-corrected chi connectivity index (χ2v) is 3.72. The summed E-state index contributed by atoms with van der Waals surface area (Å²) in [6.07, 6.45) is 8.25. The van der Waals surface area contributed by atoms with Crippen LogP contribution >= 0.6 is 0 Å². The van der Waals surface area contributed by atoms with Crippen LogP contribution in [0.4, 0.5) is 0 Å². The van der Waals surface area contributed by atoms with Crippen LogP contribution in [0.3, 0.4) is 0 Å². The molecule has 0 nitrogen and oxygen atoms in total. The van der Waals surface area contributed by atoms with Crippen molar-refractivity contribution in [1.29, 1.82) is 0 Å². The first-order valence-corrected chi connectivity index (χ1v) is 5.72. The minimum atomic E-state index is 0.955. The van der Waals surface area contributed by atoms with E-state index in [4.69, 9.17) is 0 Å². The Morgan fingerprint density at radius 1 is 0.917 bits per heavy atom. The second kappa shape index (κ2) is 13.6. The molecule has 0 aromatic rings. The molecule has 0 heteroatoms. The van der Waals surface area contributed by atoms with Crippen LogP contribution in [0, 0.1) is 5.92 Å². The van der Waals surface area contributed by atoms with Crippen molar-refractivity contribution in [3.8, 4) is 0 Å². The van der Waals surface area contributed by atoms with E-state index in [9.17, 15) is 0 Å². The molecule has 0 aromatic heterocycles. The maximum Gasteiger partial charge on any atom is -0.0445 e. The van der Waals surface area contributed by atoms with Crippen LogP contribution in [0.15, 0.2) is 0 Å². The van der Waals surface area contributed by atoms with Crippen molar-refractivity contribution >= 4 is 0 Å². The fourth-order valence-electron chi connectivity index (χ4n) is 0.947. The molecule has 1 atom stereocenters. The van der Waals surface area contributed by atoms with Crippen molar-refractivity contribution in [3.63, 3.8) is 0 Å². The first kappa shape index (κ1) is 14.5. The predicted octanol–water partition coefficient (Wildman–Crippen LogP) is 5.03. The summed E-state index contributed by atoms with van der Waals surface area (Å²) in [5.74, 6) is 0.955. The highest BCUT2D eigenvalue weighted by Gasteiger charge is 1.95. The predicted molar refractivity (Wildman–Crippen MR) is 59.6 cm³/mol. The average Bonchev–Trinajstić information content (AvgIpc) is 2.06. The SMILES string of the molecule is CCC.CCCCCC(C)CC. The molecule has 76 valence electrons. The van der Waals surface area contributed by atoms with Gasteiger partial charge in [-0.2, -0.15) is 0 Å². The molecular formula is C12H28. The van der Waals surface area contributed by atoms with Gasteiger partial charge < -0.3 is 0 Å². The lowest BCUT2D eigenvalue weighted by Gasteiger charge is -2.05. The van der Waals surface area contributed by atoms with Gasteiger partial charge in [0.1, 0.15) is 0 Å². The molecule has 0 aliphatic heterocycles. The molecule has 0 fully saturated rings. The van der Waals surface area contributed by atoms with Gasteiger partial charge >= 0.3 is 0 Å². The number of unbranched alkanes of at least 4 members (excludes halogenated alkanes) is 2. The Morgan fingerprint density at radius 3 is 1.75 bits per heavy atom. The van der Waals surface area contributed by atoms with Crippen molar-refractivity contribution in [2.24, 2.45) is 5.92 Å². The largest absolute Gasteiger partial charge is 0.0656 e. The van der Waals surface area contributed by atoms with Gasteiger partial charge in [-0.1, -0.05) is 73.1 Å². The molecule has 0 spiro atoms. The highest BCUT2D eigenvalue weighted by molar-refractivity contribution is 4.49. The van der Waals surface area contributed by atoms with Gasteiger partial charge in [0.15, 0.2) is 0 Å². The molecule has 0 saturated heterocycles. The summed E-state index contributed by atoms with van der Waals surface area (Å²) in [6, 6.07) is 0. The van der Waals surface area contributed by atoms with E-state index in [1.54, 1.807) is 0 Å². The lowest BCUT2D eigenvalue weighted by Crippen LogP contribution is -1.90. The summed E-state index contributed by atoms with van der Waals surface area (Å²) in [4.78, 5) is 0. The molecule has 0 aromatic carbocycles. The molecular weight excluding hydrogens is 144 g/mol. The normalized spacial score (nSPS) is 11.8. The van der Waals surface area contributed by atoms with E-state index >= 15 is 0 Å². The maximum atomic E-state index is 2.34. The molecule has 0 radical (unpaired) electrons. The lowest BCUT2D eigenvalue weighted by molar-refractivity contribution is 0.482. The first-order valence-electron chi connectivity index (χ1n) is 5.72. The van der Waals surface area contributed by atoms with Gasteiger partial charge in [0.05, 0.1) is 0 Å². The fraction of sp³-hybridized carbons (Fsp3) is 1.00. The molecule has 0 N–H and O–H groups in total. The van der Waals surface area contributed by atoms with Crippen molar-refractivity contribution < 1.29 is 0 Å². The molecule has 0 saturated carbocycles. The van der Waals surface area contributed by atoms with Gasteiger partial charge in [-0.25, -0.2) is 0 Å². The summed E-state index contributed by atoms with van der Waals surface area (Å²) >= 11 is 0. The summed E-state index contributed by atoms with van der Waals surface area (Å²) in [5, 5.41) is 0. The zero-order valence-corrected chi connectivity index (χ0v) is 9.82. The highest BCUT2D eigenvalue weighted by atomic mass is 14.0. The first-order chi connectivity index (χ1) is 5.72. The minimum absolute atomic E-state index is 0.955. The van der Waals surface area contributed by atoms with E-state index < -0.39 is 0 Å². The van der Waals surface area contributed by atoms with E-state index in [0.29, 0.717) is 0 Å². The molecule has 0 aliphatic rings. The minimum Gasteiger partial charge on any atom is -0.0656 e. The molecule has 1 unspecified atom stereocenters. The van der Waals surface area contributed by atoms with Gasteiger partial charge in [-0.05, 0) is 5.92 Å². The van der Waals surface area contributed by atoms with Crippen LogP contribution < -0.4 is 0 Å². The van der Waals surface area contributed by atoms with Crippen molar-refractivity contribution in [2.45, 2.75) is 73.1 Å². The van der Waals surface area contributed by atoms with Gasteiger partial charge in [0, 0.05) is 0 Å². The van der Waals surface area contributed by atoms with Crippen LogP contribution in [0.25, 0.3) is 0 Å². The van der Waals surface area contributed by atoms with Crippen LogP contribution in [-0.2, 0) is 0 Å². The van der Waals surface area contributed by atoms with Crippen LogP contribution in [-0.4, -0.2) is 0 Å². The highest BCUT2D eigenvalue weighted by Crippen LogP contribution is 2.11. The van der Waals surface area contributed by atoms with Crippen molar-refractivity contribution in [1.82, 2.24) is 0 Å². The molecule has 0 amide bonds. The monoisotopic (exact) mass is 172 g/mol. The Hall–Kier alpha value is 0. The third-order valence-electron chi connectivity index (χ3n) is 2.00. The van der Waals surface area contributed by atoms with Crippen molar-refractivity contribution in [3.05, 3.63) is 0 Å². The number of hydrogen-bond donors (Lipinski definition) is 0.